The Hall–Kier alpha value is -1.49. The molecule has 0 aliphatic carbocycles. The topological polar surface area (TPSA) is 54.0 Å². The van der Waals surface area contributed by atoms with Gasteiger partial charge < -0.3 is 10.6 Å². The fourth-order valence-corrected chi connectivity index (χ4v) is 1.95. The van der Waals surface area contributed by atoms with E-state index in [-0.39, 0.29) is 18.9 Å². The molecule has 1 aromatic rings. The number of alkyl halides is 1. The Morgan fingerprint density at radius 2 is 2.33 bits per heavy atom. The van der Waals surface area contributed by atoms with Crippen molar-refractivity contribution in [2.45, 2.75) is 38.4 Å². The van der Waals surface area contributed by atoms with Gasteiger partial charge in [-0.15, -0.1) is 0 Å². The molecule has 18 heavy (non-hydrogen) atoms. The summed E-state index contributed by atoms with van der Waals surface area (Å²) < 4.78 is 13.0. The summed E-state index contributed by atoms with van der Waals surface area (Å²) in [4.78, 5) is 16.2. The summed E-state index contributed by atoms with van der Waals surface area (Å²) in [6.07, 6.45) is -0.703. The van der Waals surface area contributed by atoms with Gasteiger partial charge in [-0.3, -0.25) is 4.79 Å². The van der Waals surface area contributed by atoms with Crippen LogP contribution in [0.4, 0.5) is 10.2 Å². The molecular weight excluding hydrogens is 233 g/mol. The van der Waals surface area contributed by atoms with E-state index in [4.69, 9.17) is 0 Å². The van der Waals surface area contributed by atoms with Crippen molar-refractivity contribution in [3.63, 3.8) is 0 Å². The van der Waals surface area contributed by atoms with Crippen LogP contribution < -0.4 is 10.6 Å². The van der Waals surface area contributed by atoms with Gasteiger partial charge in [0.05, 0.1) is 6.04 Å². The van der Waals surface area contributed by atoms with Crippen LogP contribution in [-0.4, -0.2) is 29.6 Å². The summed E-state index contributed by atoms with van der Waals surface area (Å²) in [6.45, 7) is 4.33. The molecule has 1 aromatic heterocycles. The molecule has 1 fully saturated rings. The molecule has 1 aliphatic heterocycles. The number of nitrogens with zero attached hydrogens (tertiary/aromatic N) is 1. The zero-order chi connectivity index (χ0) is 13.1. The fourth-order valence-electron chi connectivity index (χ4n) is 1.95. The van der Waals surface area contributed by atoms with Gasteiger partial charge in [-0.25, -0.2) is 9.37 Å². The van der Waals surface area contributed by atoms with Crippen LogP contribution in [0.2, 0.25) is 0 Å². The number of hydrogen-bond donors (Lipinski definition) is 2. The highest BCUT2D eigenvalue weighted by Gasteiger charge is 2.29. The first-order chi connectivity index (χ1) is 8.56. The summed E-state index contributed by atoms with van der Waals surface area (Å²) in [5, 5.41) is 5.57. The van der Waals surface area contributed by atoms with Crippen LogP contribution in [0.3, 0.4) is 0 Å². The van der Waals surface area contributed by atoms with Gasteiger partial charge in [0.25, 0.3) is 0 Å². The third kappa shape index (κ3) is 3.04. The number of halogens is 1. The first-order valence-corrected chi connectivity index (χ1v) is 6.21. The molecule has 2 unspecified atom stereocenters. The van der Waals surface area contributed by atoms with E-state index in [1.807, 2.05) is 26.0 Å². The number of pyridine rings is 1. The predicted octanol–water partition coefficient (Wildman–Crippen LogP) is 1.84. The van der Waals surface area contributed by atoms with E-state index < -0.39 is 12.2 Å². The largest absolute Gasteiger partial charge is 0.309 e. The molecule has 4 nitrogen and oxygen atoms in total. The lowest BCUT2D eigenvalue weighted by Crippen LogP contribution is -2.35. The summed E-state index contributed by atoms with van der Waals surface area (Å²) in [5.41, 5.74) is 0.926. The summed E-state index contributed by atoms with van der Waals surface area (Å²) in [5.74, 6) is 0.612. The van der Waals surface area contributed by atoms with Crippen molar-refractivity contribution in [2.24, 2.45) is 0 Å². The molecule has 2 atom stereocenters. The zero-order valence-corrected chi connectivity index (χ0v) is 10.6. The van der Waals surface area contributed by atoms with Crippen molar-refractivity contribution in [3.05, 3.63) is 23.9 Å². The van der Waals surface area contributed by atoms with E-state index in [9.17, 15) is 9.18 Å². The van der Waals surface area contributed by atoms with E-state index in [0.29, 0.717) is 11.7 Å². The SMILES string of the molecule is CC(C)c1cccc(NC(=O)C2CC(F)CN2)n1. The molecule has 0 spiro atoms. The minimum absolute atomic E-state index is 0.219. The van der Waals surface area contributed by atoms with E-state index >= 15 is 0 Å². The van der Waals surface area contributed by atoms with Crippen molar-refractivity contribution < 1.29 is 9.18 Å². The van der Waals surface area contributed by atoms with Gasteiger partial charge >= 0.3 is 0 Å². The highest BCUT2D eigenvalue weighted by atomic mass is 19.1. The van der Waals surface area contributed by atoms with Crippen molar-refractivity contribution in [1.29, 1.82) is 0 Å². The summed E-state index contributed by atoms with van der Waals surface area (Å²) in [6, 6.07) is 5.07. The lowest BCUT2D eigenvalue weighted by Gasteiger charge is -2.12. The smallest absolute Gasteiger partial charge is 0.242 e. The first-order valence-electron chi connectivity index (χ1n) is 6.21. The lowest BCUT2D eigenvalue weighted by molar-refractivity contribution is -0.117. The summed E-state index contributed by atoms with van der Waals surface area (Å²) in [7, 11) is 0. The Bertz CT molecular complexity index is 436. The van der Waals surface area contributed by atoms with Crippen LogP contribution >= 0.6 is 0 Å². The molecule has 98 valence electrons. The second-order valence-electron chi connectivity index (χ2n) is 4.89. The van der Waals surface area contributed by atoms with E-state index in [0.717, 1.165) is 5.69 Å². The maximum atomic E-state index is 13.0. The normalized spacial score (nSPS) is 23.3. The minimum Gasteiger partial charge on any atom is -0.309 e. The Morgan fingerprint density at radius 3 is 2.94 bits per heavy atom. The number of carbonyl (C=O) groups excluding carboxylic acids is 1. The third-order valence-corrected chi connectivity index (χ3v) is 3.01. The summed E-state index contributed by atoms with van der Waals surface area (Å²) >= 11 is 0. The Kier molecular flexibility index (Phi) is 3.91. The molecule has 2 heterocycles. The van der Waals surface area contributed by atoms with Crippen LogP contribution in [0.25, 0.3) is 0 Å². The number of nitrogens with one attached hydrogen (secondary N) is 2. The zero-order valence-electron chi connectivity index (χ0n) is 10.6. The highest BCUT2D eigenvalue weighted by Crippen LogP contribution is 2.15. The molecule has 0 radical (unpaired) electrons. The average molecular weight is 251 g/mol. The second kappa shape index (κ2) is 5.44. The molecular formula is C13H18FN3O. The molecule has 0 bridgehead atoms. The van der Waals surface area contributed by atoms with Gasteiger partial charge in [0.2, 0.25) is 5.91 Å². The quantitative estimate of drug-likeness (QED) is 0.862. The average Bonchev–Trinajstić information content (AvgIpc) is 2.76. The molecule has 5 heteroatoms. The molecule has 0 saturated carbocycles. The predicted molar refractivity (Wildman–Crippen MR) is 68.3 cm³/mol. The Labute approximate surface area is 106 Å². The minimum atomic E-state index is -0.935. The van der Waals surface area contributed by atoms with Crippen LogP contribution in [0.15, 0.2) is 18.2 Å². The molecule has 1 amide bonds. The van der Waals surface area contributed by atoms with Gasteiger partial charge in [-0.1, -0.05) is 19.9 Å². The number of anilines is 1. The Balaban J connectivity index is 2.00. The third-order valence-electron chi connectivity index (χ3n) is 3.01. The molecule has 2 rings (SSSR count). The number of rotatable bonds is 3. The van der Waals surface area contributed by atoms with Gasteiger partial charge in [0, 0.05) is 18.7 Å². The van der Waals surface area contributed by atoms with Crippen molar-refractivity contribution >= 4 is 11.7 Å². The van der Waals surface area contributed by atoms with Crippen molar-refractivity contribution in [3.8, 4) is 0 Å². The fraction of sp³-hybridized carbons (Fsp3) is 0.538. The molecule has 0 aromatic carbocycles. The van der Waals surface area contributed by atoms with Gasteiger partial charge in [-0.05, 0) is 18.1 Å². The monoisotopic (exact) mass is 251 g/mol. The standard InChI is InChI=1S/C13H18FN3O/c1-8(2)10-4-3-5-12(16-10)17-13(18)11-6-9(14)7-15-11/h3-5,8-9,11,15H,6-7H2,1-2H3,(H,16,17,18). The number of aromatic nitrogens is 1. The molecule has 1 aliphatic rings. The Morgan fingerprint density at radius 1 is 1.56 bits per heavy atom. The van der Waals surface area contributed by atoms with Crippen LogP contribution in [0.1, 0.15) is 31.9 Å². The van der Waals surface area contributed by atoms with Crippen LogP contribution in [0.5, 0.6) is 0 Å². The van der Waals surface area contributed by atoms with Crippen molar-refractivity contribution in [1.82, 2.24) is 10.3 Å². The van der Waals surface area contributed by atoms with E-state index in [1.165, 1.54) is 0 Å². The number of carbonyl (C=O) groups is 1. The second-order valence-corrected chi connectivity index (χ2v) is 4.89. The number of amides is 1. The van der Waals surface area contributed by atoms with Gasteiger partial charge in [-0.2, -0.15) is 0 Å². The van der Waals surface area contributed by atoms with E-state index in [1.54, 1.807) is 6.07 Å². The van der Waals surface area contributed by atoms with Gasteiger partial charge in [0.1, 0.15) is 12.0 Å². The van der Waals surface area contributed by atoms with Crippen LogP contribution in [0, 0.1) is 0 Å². The maximum Gasteiger partial charge on any atom is 0.242 e. The van der Waals surface area contributed by atoms with Crippen molar-refractivity contribution in [2.75, 3.05) is 11.9 Å². The highest BCUT2D eigenvalue weighted by molar-refractivity contribution is 5.94. The number of hydrogen-bond acceptors (Lipinski definition) is 3. The van der Waals surface area contributed by atoms with E-state index in [2.05, 4.69) is 15.6 Å². The maximum absolute atomic E-state index is 13.0. The molecule has 1 saturated heterocycles. The lowest BCUT2D eigenvalue weighted by atomic mass is 10.1. The van der Waals surface area contributed by atoms with Crippen LogP contribution in [-0.2, 0) is 4.79 Å². The van der Waals surface area contributed by atoms with Gasteiger partial charge in [0.15, 0.2) is 0 Å². The molecule has 2 N–H and O–H groups in total. The first kappa shape index (κ1) is 13.0.